The van der Waals surface area contributed by atoms with E-state index in [0.717, 1.165) is 25.1 Å². The molecule has 1 aromatic heterocycles. The number of nitrogen functional groups attached to an aromatic ring is 1. The van der Waals surface area contributed by atoms with Gasteiger partial charge in [0.1, 0.15) is 0 Å². The smallest absolute Gasteiger partial charge is 0.0762 e. The molecule has 2 N–H and O–H groups in total. The first kappa shape index (κ1) is 11.6. The third-order valence-electron chi connectivity index (χ3n) is 3.75. The van der Waals surface area contributed by atoms with Crippen LogP contribution in [0.5, 0.6) is 0 Å². The molecule has 0 aliphatic carbocycles. The fraction of sp³-hybridized carbons (Fsp3) is 0.467. The largest absolute Gasteiger partial charge is 0.399 e. The maximum Gasteiger partial charge on any atom is 0.0762 e. The van der Waals surface area contributed by atoms with Crippen LogP contribution in [0.1, 0.15) is 26.7 Å². The van der Waals surface area contributed by atoms with Crippen LogP contribution in [0.25, 0.3) is 10.9 Å². The van der Waals surface area contributed by atoms with Gasteiger partial charge in [0.15, 0.2) is 0 Å². The van der Waals surface area contributed by atoms with E-state index in [0.29, 0.717) is 6.10 Å². The van der Waals surface area contributed by atoms with Crippen LogP contribution in [0, 0.1) is 0 Å². The average Bonchev–Trinajstić information content (AvgIpc) is 2.84. The highest BCUT2D eigenvalue weighted by atomic mass is 16.5. The molecule has 1 fully saturated rings. The van der Waals surface area contributed by atoms with Gasteiger partial charge in [0.25, 0.3) is 0 Å². The lowest BCUT2D eigenvalue weighted by Crippen LogP contribution is -2.22. The molecule has 96 valence electrons. The van der Waals surface area contributed by atoms with Gasteiger partial charge in [0.05, 0.1) is 17.2 Å². The molecule has 18 heavy (non-hydrogen) atoms. The van der Waals surface area contributed by atoms with Crippen LogP contribution in [0.2, 0.25) is 0 Å². The van der Waals surface area contributed by atoms with Gasteiger partial charge < -0.3 is 15.0 Å². The highest BCUT2D eigenvalue weighted by Gasteiger charge is 2.31. The quantitative estimate of drug-likeness (QED) is 0.824. The highest BCUT2D eigenvalue weighted by molar-refractivity contribution is 5.83. The maximum atomic E-state index is 6.05. The van der Waals surface area contributed by atoms with Crippen molar-refractivity contribution in [2.75, 3.05) is 5.73 Å². The fourth-order valence-corrected chi connectivity index (χ4v) is 2.79. The van der Waals surface area contributed by atoms with Gasteiger partial charge in [-0.1, -0.05) is 6.07 Å². The second-order valence-electron chi connectivity index (χ2n) is 5.82. The van der Waals surface area contributed by atoms with Crippen LogP contribution in [-0.2, 0) is 11.3 Å². The van der Waals surface area contributed by atoms with E-state index >= 15 is 0 Å². The van der Waals surface area contributed by atoms with E-state index in [1.54, 1.807) is 0 Å². The molecule has 2 heterocycles. The van der Waals surface area contributed by atoms with Crippen molar-refractivity contribution < 1.29 is 4.74 Å². The van der Waals surface area contributed by atoms with Crippen molar-refractivity contribution in [3.63, 3.8) is 0 Å². The van der Waals surface area contributed by atoms with Crippen LogP contribution in [0.3, 0.4) is 0 Å². The van der Waals surface area contributed by atoms with Crippen molar-refractivity contribution in [3.05, 3.63) is 30.5 Å². The van der Waals surface area contributed by atoms with E-state index in [4.69, 9.17) is 10.5 Å². The SMILES string of the molecule is CC1(C)CCC(Cn2ccc3ccc(N)cc32)O1. The van der Waals surface area contributed by atoms with Crippen molar-refractivity contribution in [1.29, 1.82) is 0 Å². The molecule has 1 aliphatic rings. The number of ether oxygens (including phenoxy) is 1. The van der Waals surface area contributed by atoms with Gasteiger partial charge in [0, 0.05) is 18.4 Å². The Bertz CT molecular complexity index is 571. The zero-order valence-corrected chi connectivity index (χ0v) is 11.0. The van der Waals surface area contributed by atoms with Crippen LogP contribution in [0.15, 0.2) is 30.5 Å². The van der Waals surface area contributed by atoms with Crippen molar-refractivity contribution in [1.82, 2.24) is 4.57 Å². The molecular formula is C15H20N2O. The van der Waals surface area contributed by atoms with Crippen LogP contribution in [0.4, 0.5) is 5.69 Å². The lowest BCUT2D eigenvalue weighted by molar-refractivity contribution is -0.0212. The number of hydrogen-bond donors (Lipinski definition) is 1. The summed E-state index contributed by atoms with van der Waals surface area (Å²) < 4.78 is 8.30. The van der Waals surface area contributed by atoms with Crippen LogP contribution < -0.4 is 5.73 Å². The molecule has 3 heteroatoms. The molecule has 1 saturated heterocycles. The van der Waals surface area contributed by atoms with Crippen molar-refractivity contribution in [3.8, 4) is 0 Å². The number of hydrogen-bond acceptors (Lipinski definition) is 2. The Kier molecular flexibility index (Phi) is 2.59. The van der Waals surface area contributed by atoms with E-state index in [1.807, 2.05) is 12.1 Å². The molecule has 0 amide bonds. The number of benzene rings is 1. The van der Waals surface area contributed by atoms with E-state index in [1.165, 1.54) is 10.9 Å². The minimum absolute atomic E-state index is 0.0344. The molecule has 1 atom stereocenters. The molecule has 0 radical (unpaired) electrons. The summed E-state index contributed by atoms with van der Waals surface area (Å²) in [6.45, 7) is 5.24. The lowest BCUT2D eigenvalue weighted by Gasteiger charge is -2.20. The third kappa shape index (κ3) is 2.10. The summed E-state index contributed by atoms with van der Waals surface area (Å²) in [5.41, 5.74) is 7.91. The maximum absolute atomic E-state index is 6.05. The van der Waals surface area contributed by atoms with E-state index in [2.05, 4.69) is 36.7 Å². The summed E-state index contributed by atoms with van der Waals surface area (Å²) in [7, 11) is 0. The minimum Gasteiger partial charge on any atom is -0.399 e. The van der Waals surface area contributed by atoms with Gasteiger partial charge in [-0.15, -0.1) is 0 Å². The standard InChI is InChI=1S/C15H20N2O/c1-15(2)7-5-13(18-15)10-17-8-6-11-3-4-12(16)9-14(11)17/h3-4,6,8-9,13H,5,7,10,16H2,1-2H3. The zero-order valence-electron chi connectivity index (χ0n) is 11.0. The van der Waals surface area contributed by atoms with Gasteiger partial charge in [-0.05, 0) is 50.3 Å². The first-order chi connectivity index (χ1) is 8.53. The Morgan fingerprint density at radius 3 is 2.94 bits per heavy atom. The first-order valence-corrected chi connectivity index (χ1v) is 6.56. The monoisotopic (exact) mass is 244 g/mol. The predicted molar refractivity (Wildman–Crippen MR) is 74.5 cm³/mol. The summed E-state index contributed by atoms with van der Waals surface area (Å²) >= 11 is 0. The van der Waals surface area contributed by atoms with Crippen LogP contribution in [-0.4, -0.2) is 16.3 Å². The Morgan fingerprint density at radius 2 is 2.22 bits per heavy atom. The van der Waals surface area contributed by atoms with Crippen molar-refractivity contribution in [2.24, 2.45) is 0 Å². The average molecular weight is 244 g/mol. The molecule has 3 rings (SSSR count). The van der Waals surface area contributed by atoms with Gasteiger partial charge in [-0.25, -0.2) is 0 Å². The number of fused-ring (bicyclic) bond motifs is 1. The molecule has 3 nitrogen and oxygen atoms in total. The third-order valence-corrected chi connectivity index (χ3v) is 3.75. The van der Waals surface area contributed by atoms with Crippen molar-refractivity contribution in [2.45, 2.75) is 44.9 Å². The van der Waals surface area contributed by atoms with E-state index < -0.39 is 0 Å². The number of rotatable bonds is 2. The van der Waals surface area contributed by atoms with Gasteiger partial charge in [-0.3, -0.25) is 0 Å². The normalized spacial score (nSPS) is 22.7. The van der Waals surface area contributed by atoms with Crippen molar-refractivity contribution >= 4 is 16.6 Å². The Balaban J connectivity index is 1.85. The summed E-state index contributed by atoms with van der Waals surface area (Å²) in [6.07, 6.45) is 4.71. The number of anilines is 1. The lowest BCUT2D eigenvalue weighted by atomic mass is 10.1. The summed E-state index contributed by atoms with van der Waals surface area (Å²) in [4.78, 5) is 0. The summed E-state index contributed by atoms with van der Waals surface area (Å²) in [5, 5.41) is 1.24. The number of aromatic nitrogens is 1. The number of nitrogens with zero attached hydrogens (tertiary/aromatic N) is 1. The van der Waals surface area contributed by atoms with Crippen LogP contribution >= 0.6 is 0 Å². The molecule has 1 aliphatic heterocycles. The number of nitrogens with two attached hydrogens (primary N) is 1. The minimum atomic E-state index is 0.0344. The van der Waals surface area contributed by atoms with Gasteiger partial charge in [-0.2, -0.15) is 0 Å². The second kappa shape index (κ2) is 4.02. The molecule has 1 unspecified atom stereocenters. The topological polar surface area (TPSA) is 40.2 Å². The Hall–Kier alpha value is -1.48. The van der Waals surface area contributed by atoms with E-state index in [9.17, 15) is 0 Å². The molecular weight excluding hydrogens is 224 g/mol. The van der Waals surface area contributed by atoms with Gasteiger partial charge in [0.2, 0.25) is 0 Å². The zero-order chi connectivity index (χ0) is 12.8. The van der Waals surface area contributed by atoms with E-state index in [-0.39, 0.29) is 5.60 Å². The fourth-order valence-electron chi connectivity index (χ4n) is 2.79. The summed E-state index contributed by atoms with van der Waals surface area (Å²) in [6, 6.07) is 8.19. The molecule has 2 aromatic rings. The first-order valence-electron chi connectivity index (χ1n) is 6.56. The second-order valence-corrected chi connectivity index (χ2v) is 5.82. The highest BCUT2D eigenvalue weighted by Crippen LogP contribution is 2.31. The molecule has 0 spiro atoms. The Morgan fingerprint density at radius 1 is 1.39 bits per heavy atom. The summed E-state index contributed by atoms with van der Waals surface area (Å²) in [5.74, 6) is 0. The molecule has 0 bridgehead atoms. The molecule has 1 aromatic carbocycles. The molecule has 0 saturated carbocycles. The Labute approximate surface area is 108 Å². The van der Waals surface area contributed by atoms with Gasteiger partial charge >= 0.3 is 0 Å². The predicted octanol–water partition coefficient (Wildman–Crippen LogP) is 3.18.